The van der Waals surface area contributed by atoms with E-state index in [9.17, 15) is 4.79 Å². The smallest absolute Gasteiger partial charge is 0.283 e. The van der Waals surface area contributed by atoms with Crippen molar-refractivity contribution in [3.63, 3.8) is 0 Å². The molecule has 1 atom stereocenters. The number of nitrogens with zero attached hydrogens (tertiary/aromatic N) is 4. The Kier molecular flexibility index (Phi) is 6.18. The van der Waals surface area contributed by atoms with Gasteiger partial charge >= 0.3 is 0 Å². The Morgan fingerprint density at radius 2 is 1.84 bits per heavy atom. The molecule has 1 aromatic heterocycles. The van der Waals surface area contributed by atoms with Crippen LogP contribution in [0, 0.1) is 13.8 Å². The number of halogens is 2. The van der Waals surface area contributed by atoms with Crippen LogP contribution in [0.25, 0.3) is 6.08 Å². The summed E-state index contributed by atoms with van der Waals surface area (Å²) in [6.45, 7) is 5.69. The van der Waals surface area contributed by atoms with Gasteiger partial charge in [0.1, 0.15) is 5.70 Å². The molecule has 4 rings (SSSR count). The van der Waals surface area contributed by atoms with Crippen LogP contribution in [0.15, 0.2) is 57.7 Å². The summed E-state index contributed by atoms with van der Waals surface area (Å²) < 4.78 is 5.28. The maximum absolute atomic E-state index is 13.3. The van der Waals surface area contributed by atoms with Gasteiger partial charge in [-0.15, -0.1) is 0 Å². The lowest BCUT2D eigenvalue weighted by atomic mass is 10.2. The fourth-order valence-electron chi connectivity index (χ4n) is 2.94. The number of amidine groups is 1. The van der Waals surface area contributed by atoms with Crippen LogP contribution < -0.4 is 4.90 Å². The summed E-state index contributed by atoms with van der Waals surface area (Å²) in [7, 11) is 0. The standard InChI is InChI=1S/C22H18Cl2N4O2S/c1-12-4-7-16(8-5-12)28-21(29)19(11-15-6-9-17(23)18(24)10-15)26-22(28)31-13(2)20-25-14(3)27-30-20/h4-11,13H,1-3H3/b19-11-. The van der Waals surface area contributed by atoms with E-state index in [1.165, 1.54) is 11.8 Å². The lowest BCUT2D eigenvalue weighted by Gasteiger charge is -2.19. The van der Waals surface area contributed by atoms with Crippen LogP contribution in [0.3, 0.4) is 0 Å². The number of aryl methyl sites for hydroxylation is 2. The van der Waals surface area contributed by atoms with Gasteiger partial charge < -0.3 is 4.52 Å². The van der Waals surface area contributed by atoms with Crippen molar-refractivity contribution in [2.24, 2.45) is 4.99 Å². The van der Waals surface area contributed by atoms with E-state index >= 15 is 0 Å². The highest BCUT2D eigenvalue weighted by molar-refractivity contribution is 8.14. The van der Waals surface area contributed by atoms with Gasteiger partial charge in [-0.2, -0.15) is 4.98 Å². The molecule has 3 aromatic rings. The molecule has 1 unspecified atom stereocenters. The summed E-state index contributed by atoms with van der Waals surface area (Å²) in [6, 6.07) is 12.9. The Hall–Kier alpha value is -2.61. The van der Waals surface area contributed by atoms with Crippen LogP contribution in [0.4, 0.5) is 5.69 Å². The molecule has 1 amide bonds. The second kappa shape index (κ2) is 8.86. The van der Waals surface area contributed by atoms with Crippen molar-refractivity contribution in [1.82, 2.24) is 10.1 Å². The van der Waals surface area contributed by atoms with Crippen molar-refractivity contribution in [2.45, 2.75) is 26.0 Å². The first kappa shape index (κ1) is 21.6. The van der Waals surface area contributed by atoms with E-state index in [0.29, 0.717) is 32.6 Å². The maximum atomic E-state index is 13.3. The number of rotatable bonds is 4. The van der Waals surface area contributed by atoms with Gasteiger partial charge in [0, 0.05) is 0 Å². The first-order valence-electron chi connectivity index (χ1n) is 9.45. The third kappa shape index (κ3) is 4.69. The van der Waals surface area contributed by atoms with Gasteiger partial charge in [0.15, 0.2) is 11.0 Å². The Labute approximate surface area is 194 Å². The molecule has 1 aliphatic heterocycles. The third-order valence-corrected chi connectivity index (χ3v) is 6.32. The number of anilines is 1. The number of thioether (sulfide) groups is 1. The Morgan fingerprint density at radius 3 is 2.48 bits per heavy atom. The number of carbonyl (C=O) groups excluding carboxylic acids is 1. The van der Waals surface area contributed by atoms with E-state index in [2.05, 4.69) is 15.1 Å². The molecule has 0 N–H and O–H groups in total. The molecule has 158 valence electrons. The maximum Gasteiger partial charge on any atom is 0.283 e. The predicted octanol–water partition coefficient (Wildman–Crippen LogP) is 6.23. The molecule has 0 aliphatic carbocycles. The van der Waals surface area contributed by atoms with Gasteiger partial charge in [-0.1, -0.05) is 63.9 Å². The fourth-order valence-corrected chi connectivity index (χ4v) is 4.21. The van der Waals surface area contributed by atoms with Gasteiger partial charge in [-0.3, -0.25) is 9.69 Å². The Balaban J connectivity index is 1.71. The zero-order valence-corrected chi connectivity index (χ0v) is 19.3. The van der Waals surface area contributed by atoms with E-state index < -0.39 is 0 Å². The minimum Gasteiger partial charge on any atom is -0.338 e. The van der Waals surface area contributed by atoms with Gasteiger partial charge in [-0.05, 0) is 56.7 Å². The molecule has 0 radical (unpaired) electrons. The van der Waals surface area contributed by atoms with Crippen molar-refractivity contribution >= 4 is 57.8 Å². The summed E-state index contributed by atoms with van der Waals surface area (Å²) in [5.74, 6) is 0.803. The molecule has 9 heteroatoms. The largest absolute Gasteiger partial charge is 0.338 e. The Bertz CT molecular complexity index is 1200. The topological polar surface area (TPSA) is 71.6 Å². The minimum atomic E-state index is -0.230. The van der Waals surface area contributed by atoms with E-state index in [0.717, 1.165) is 16.8 Å². The second-order valence-corrected chi connectivity index (χ2v) is 9.14. The molecular weight excluding hydrogens is 455 g/mol. The zero-order chi connectivity index (χ0) is 22.1. The molecule has 31 heavy (non-hydrogen) atoms. The van der Waals surface area contributed by atoms with E-state index in [1.54, 1.807) is 36.1 Å². The first-order valence-corrected chi connectivity index (χ1v) is 11.1. The van der Waals surface area contributed by atoms with Crippen LogP contribution in [-0.4, -0.2) is 21.2 Å². The van der Waals surface area contributed by atoms with Gasteiger partial charge in [0.2, 0.25) is 5.89 Å². The van der Waals surface area contributed by atoms with E-state index in [1.807, 2.05) is 38.1 Å². The van der Waals surface area contributed by atoms with Gasteiger partial charge in [0.05, 0.1) is 21.0 Å². The number of amides is 1. The summed E-state index contributed by atoms with van der Waals surface area (Å²) in [6.07, 6.45) is 1.70. The molecule has 6 nitrogen and oxygen atoms in total. The molecular formula is C22H18Cl2N4O2S. The highest BCUT2D eigenvalue weighted by Gasteiger charge is 2.34. The van der Waals surface area contributed by atoms with Gasteiger partial charge in [0.25, 0.3) is 5.91 Å². The van der Waals surface area contributed by atoms with Crippen molar-refractivity contribution in [3.05, 3.63) is 81.0 Å². The second-order valence-electron chi connectivity index (χ2n) is 7.01. The van der Waals surface area contributed by atoms with Crippen LogP contribution in [-0.2, 0) is 4.79 Å². The summed E-state index contributed by atoms with van der Waals surface area (Å²) >= 11 is 13.5. The van der Waals surface area contributed by atoms with Crippen LogP contribution in [0.1, 0.15) is 35.0 Å². The molecule has 0 fully saturated rings. The number of hydrogen-bond acceptors (Lipinski definition) is 6. The number of aliphatic imine (C=N–C) groups is 1. The summed E-state index contributed by atoms with van der Waals surface area (Å²) in [5.41, 5.74) is 2.86. The fraction of sp³-hybridized carbons (Fsp3) is 0.182. The SMILES string of the molecule is Cc1ccc(N2C(=O)/C(=C/c3ccc(Cl)c(Cl)c3)N=C2SC(C)c2nc(C)no2)cc1. The summed E-state index contributed by atoms with van der Waals surface area (Å²) in [5, 5.41) is 5.05. The normalized spacial score (nSPS) is 16.2. The number of benzene rings is 2. The Morgan fingerprint density at radius 1 is 1.10 bits per heavy atom. The number of aromatic nitrogens is 2. The minimum absolute atomic E-state index is 0.190. The highest BCUT2D eigenvalue weighted by Crippen LogP contribution is 2.36. The number of carbonyl (C=O) groups is 1. The molecule has 0 bridgehead atoms. The van der Waals surface area contributed by atoms with Crippen molar-refractivity contribution in [1.29, 1.82) is 0 Å². The summed E-state index contributed by atoms with van der Waals surface area (Å²) in [4.78, 5) is 23.8. The monoisotopic (exact) mass is 472 g/mol. The lowest BCUT2D eigenvalue weighted by molar-refractivity contribution is -0.113. The average molecular weight is 473 g/mol. The molecule has 0 saturated carbocycles. The van der Waals surface area contributed by atoms with Crippen LogP contribution in [0.2, 0.25) is 10.0 Å². The molecule has 0 saturated heterocycles. The predicted molar refractivity (Wildman–Crippen MR) is 126 cm³/mol. The molecule has 0 spiro atoms. The molecule has 1 aliphatic rings. The van der Waals surface area contributed by atoms with Gasteiger partial charge in [-0.25, -0.2) is 4.99 Å². The molecule has 2 aromatic carbocycles. The number of hydrogen-bond donors (Lipinski definition) is 0. The zero-order valence-electron chi connectivity index (χ0n) is 17.0. The van der Waals surface area contributed by atoms with Crippen molar-refractivity contribution in [2.75, 3.05) is 4.90 Å². The third-order valence-electron chi connectivity index (χ3n) is 4.54. The van der Waals surface area contributed by atoms with E-state index in [-0.39, 0.29) is 11.2 Å². The first-order chi connectivity index (χ1) is 14.8. The average Bonchev–Trinajstić information content (AvgIpc) is 3.29. The van der Waals surface area contributed by atoms with Crippen LogP contribution >= 0.6 is 35.0 Å². The van der Waals surface area contributed by atoms with Crippen molar-refractivity contribution in [3.8, 4) is 0 Å². The lowest BCUT2D eigenvalue weighted by Crippen LogP contribution is -2.30. The van der Waals surface area contributed by atoms with E-state index in [4.69, 9.17) is 27.7 Å². The quantitative estimate of drug-likeness (QED) is 0.420. The van der Waals surface area contributed by atoms with Crippen molar-refractivity contribution < 1.29 is 9.32 Å². The molecule has 2 heterocycles. The highest BCUT2D eigenvalue weighted by atomic mass is 35.5. The van der Waals surface area contributed by atoms with Crippen LogP contribution in [0.5, 0.6) is 0 Å².